The van der Waals surface area contributed by atoms with Crippen molar-refractivity contribution < 1.29 is 77.0 Å². The first-order valence-electron chi connectivity index (χ1n) is 43.9. The van der Waals surface area contributed by atoms with Crippen molar-refractivity contribution in [1.29, 1.82) is 0 Å². The van der Waals surface area contributed by atoms with Crippen LogP contribution in [-0.2, 0) is 48.9 Å². The lowest BCUT2D eigenvalue weighted by Gasteiger charge is -2.13. The second-order valence-electron chi connectivity index (χ2n) is 31.9. The van der Waals surface area contributed by atoms with Gasteiger partial charge in [0.1, 0.15) is 40.6 Å². The summed E-state index contributed by atoms with van der Waals surface area (Å²) in [6.45, 7) is 1.11. The van der Waals surface area contributed by atoms with Gasteiger partial charge in [-0.2, -0.15) is 38.7 Å². The summed E-state index contributed by atoms with van der Waals surface area (Å²) in [5.74, 6) is -1.54. The molecule has 20 aromatic rings. The number of aromatic nitrogens is 10. The SMILES string of the molecule is COc1cccc(CNC(=O)c2cccc3c2cnn3-c2ccc(F)cc2)c1.COc1ccccc1CNC(=O)c1cccc2c1cnn2-c1ccc(F)cc1.NS(=O)(=O)c1ccc(CNC(=O)c2cccc3c2cnn3-c2ccc(F)cc2)cc1.O=C(NCc1ccccc1Br)c1cccc2c1cnn2-c1ccc(F)cc1.O=C(NCc1ccccc1C(F)(F)F)c1cccc2c1cnn2-c1ccc(F)cc1. The number of primary sulfonamides is 1. The number of carbonyl (C=O) groups excluding carboxylic acids is 5. The standard InChI is InChI=1S/C22H15F4N3O.2C22H18FN3O2.C21H15BrFN3O.C21H17FN4O3S/c23-15-8-10-16(11-9-15)29-20-7-3-5-17(18(20)13-28-29)21(30)27-12-14-4-1-2-6-19(14)22(24,25)26;1-28-18-5-2-4-15(12-18)13-24-22(27)19-6-3-7-21-20(19)14-25-26(21)17-10-8-16(23)9-11-17;1-28-21-8-3-2-5-15(21)13-24-22(27)18-6-4-7-20-19(18)14-25-26(20)17-11-9-16(23)10-12-17;22-19-6-2-1-4-14(19)12-24-21(27)17-5-3-7-20-18(17)13-25-26(20)16-10-8-15(23)9-11-16;22-15-6-8-16(9-7-15)26-20-3-1-2-18(19(20)13-25-26)21(27)24-12-14-4-10-17(11-5-14)30(23,28)29/h1-11,13H,12H2,(H,27,30);2*2-12,14H,13H2,1H3,(H,24,27);1-11,13H,12H2,(H,24,27);1-11,13H,12H2,(H,24,27)(H2,23,28,29). The number of alkyl halides is 3. The van der Waals surface area contributed by atoms with Gasteiger partial charge in [0.25, 0.3) is 29.5 Å². The molecular formula is C108H83BrF8N16O9S. The molecule has 7 N–H and O–H groups in total. The predicted octanol–water partition coefficient (Wildman–Crippen LogP) is 20.9. The second kappa shape index (κ2) is 44.5. The maximum atomic E-state index is 13.2. The number of nitrogens with one attached hydrogen (secondary N) is 5. The summed E-state index contributed by atoms with van der Waals surface area (Å²) in [7, 11) is -0.548. The fourth-order valence-electron chi connectivity index (χ4n) is 15.6. The molecule has 0 spiro atoms. The number of rotatable bonds is 23. The summed E-state index contributed by atoms with van der Waals surface area (Å²) < 4.78 is 148. The van der Waals surface area contributed by atoms with Gasteiger partial charge in [-0.1, -0.05) is 125 Å². The van der Waals surface area contributed by atoms with E-state index in [1.54, 1.807) is 184 Å². The van der Waals surface area contributed by atoms with Crippen molar-refractivity contribution in [2.24, 2.45) is 5.14 Å². The van der Waals surface area contributed by atoms with Crippen LogP contribution in [0, 0.1) is 29.1 Å². The van der Waals surface area contributed by atoms with Crippen molar-refractivity contribution in [2.75, 3.05) is 14.2 Å². The van der Waals surface area contributed by atoms with E-state index in [1.165, 1.54) is 97.2 Å². The zero-order valence-electron chi connectivity index (χ0n) is 75.7. The van der Waals surface area contributed by atoms with Crippen LogP contribution >= 0.6 is 15.9 Å². The summed E-state index contributed by atoms with van der Waals surface area (Å²) in [5.41, 5.74) is 12.3. The van der Waals surface area contributed by atoms with Crippen molar-refractivity contribution in [3.05, 3.63) is 459 Å². The van der Waals surface area contributed by atoms with Crippen molar-refractivity contribution in [2.45, 2.75) is 43.8 Å². The monoisotopic (exact) mass is 2010 g/mol. The highest BCUT2D eigenvalue weighted by Gasteiger charge is 2.33. The van der Waals surface area contributed by atoms with Crippen LogP contribution in [0.3, 0.4) is 0 Å². The molecule has 0 atom stereocenters. The minimum Gasteiger partial charge on any atom is -0.497 e. The van der Waals surface area contributed by atoms with E-state index in [9.17, 15) is 67.5 Å². The van der Waals surface area contributed by atoms with E-state index in [4.69, 9.17) is 14.6 Å². The van der Waals surface area contributed by atoms with E-state index in [0.29, 0.717) is 75.1 Å². The summed E-state index contributed by atoms with van der Waals surface area (Å²) in [6, 6.07) is 90.4. The topological polar surface area (TPSA) is 313 Å². The van der Waals surface area contributed by atoms with E-state index in [2.05, 4.69) is 68.0 Å². The zero-order chi connectivity index (χ0) is 100. The lowest BCUT2D eigenvalue weighted by Crippen LogP contribution is -2.24. The van der Waals surface area contributed by atoms with E-state index >= 15 is 0 Å². The third-order valence-corrected chi connectivity index (χ3v) is 24.4. The minimum absolute atomic E-state index is 0.00977. The van der Waals surface area contributed by atoms with Crippen molar-refractivity contribution >= 4 is 110 Å². The molecule has 15 aromatic carbocycles. The Morgan fingerprint density at radius 1 is 0.322 bits per heavy atom. The van der Waals surface area contributed by atoms with Crippen molar-refractivity contribution in [1.82, 2.24) is 75.5 Å². The molecule has 5 amide bonds. The van der Waals surface area contributed by atoms with Crippen LogP contribution in [0.25, 0.3) is 83.0 Å². The molecule has 0 bridgehead atoms. The summed E-state index contributed by atoms with van der Waals surface area (Å²) in [6.07, 6.45) is 3.55. The number of nitrogens with two attached hydrogens (primary N) is 1. The Bertz CT molecular complexity index is 8150. The van der Waals surface area contributed by atoms with Gasteiger partial charge in [-0.3, -0.25) is 24.0 Å². The van der Waals surface area contributed by atoms with Crippen LogP contribution in [0.2, 0.25) is 0 Å². The molecule has 5 aromatic heterocycles. The Kier molecular flexibility index (Phi) is 30.6. The van der Waals surface area contributed by atoms with Gasteiger partial charge in [-0.25, -0.2) is 58.9 Å². The van der Waals surface area contributed by atoms with E-state index in [-0.39, 0.29) is 81.8 Å². The number of ether oxygens (including phenoxy) is 2. The maximum absolute atomic E-state index is 13.2. The number of hydrogen-bond acceptors (Lipinski definition) is 14. The second-order valence-corrected chi connectivity index (χ2v) is 34.3. The van der Waals surface area contributed by atoms with Crippen LogP contribution in [0.4, 0.5) is 35.1 Å². The highest BCUT2D eigenvalue weighted by atomic mass is 79.9. The Morgan fingerprint density at radius 3 is 0.930 bits per heavy atom. The molecule has 0 aliphatic carbocycles. The van der Waals surface area contributed by atoms with Gasteiger partial charge >= 0.3 is 6.18 Å². The van der Waals surface area contributed by atoms with Crippen LogP contribution in [-0.4, -0.2) is 101 Å². The van der Waals surface area contributed by atoms with Gasteiger partial charge in [0.15, 0.2) is 0 Å². The number of benzene rings is 15. The van der Waals surface area contributed by atoms with E-state index in [0.717, 1.165) is 94.1 Å². The van der Waals surface area contributed by atoms with Crippen molar-refractivity contribution in [3.8, 4) is 39.9 Å². The molecule has 0 saturated heterocycles. The van der Waals surface area contributed by atoms with Gasteiger partial charge < -0.3 is 36.1 Å². The lowest BCUT2D eigenvalue weighted by molar-refractivity contribution is -0.138. The van der Waals surface area contributed by atoms with Gasteiger partial charge in [-0.05, 0) is 247 Å². The van der Waals surface area contributed by atoms with Crippen LogP contribution in [0.1, 0.15) is 85.2 Å². The number of methoxy groups -OCH3 is 2. The molecule has 25 nitrogen and oxygen atoms in total. The molecule has 143 heavy (non-hydrogen) atoms. The summed E-state index contributed by atoms with van der Waals surface area (Å²) >= 11 is 3.49. The fourth-order valence-corrected chi connectivity index (χ4v) is 16.5. The average Bonchev–Trinajstić information content (AvgIpc) is 1.66. The number of hydrogen-bond donors (Lipinski definition) is 6. The Morgan fingerprint density at radius 2 is 0.608 bits per heavy atom. The Labute approximate surface area is 820 Å². The number of fused-ring (bicyclic) bond motifs is 5. The molecule has 5 heterocycles. The van der Waals surface area contributed by atoms with Gasteiger partial charge in [0.2, 0.25) is 10.0 Å². The third-order valence-electron chi connectivity index (χ3n) is 22.7. The molecule has 0 fully saturated rings. The van der Waals surface area contributed by atoms with Crippen LogP contribution < -0.4 is 41.2 Å². The lowest BCUT2D eigenvalue weighted by atomic mass is 10.1. The molecule has 20 rings (SSSR count). The number of carbonyl (C=O) groups is 5. The minimum atomic E-state index is -4.50. The van der Waals surface area contributed by atoms with E-state index < -0.39 is 27.7 Å². The van der Waals surface area contributed by atoms with Gasteiger partial charge in [-0.15, -0.1) is 0 Å². The van der Waals surface area contributed by atoms with Crippen LogP contribution in [0.15, 0.2) is 374 Å². The smallest absolute Gasteiger partial charge is 0.416 e. The number of nitrogens with zero attached hydrogens (tertiary/aromatic N) is 10. The quantitative estimate of drug-likeness (QED) is 0.0325. The number of amides is 5. The Balaban J connectivity index is 0.000000128. The highest BCUT2D eigenvalue weighted by molar-refractivity contribution is 9.10. The first kappa shape index (κ1) is 98.5. The first-order valence-corrected chi connectivity index (χ1v) is 46.3. The molecule has 0 unspecified atom stereocenters. The number of para-hydroxylation sites is 1. The highest BCUT2D eigenvalue weighted by Crippen LogP contribution is 2.34. The summed E-state index contributed by atoms with van der Waals surface area (Å²) in [5, 5.41) is 44.4. The molecule has 0 saturated carbocycles. The van der Waals surface area contributed by atoms with Gasteiger partial charge in [0.05, 0.1) is 140 Å². The normalized spacial score (nSPS) is 11.1. The number of halogens is 9. The van der Waals surface area contributed by atoms with E-state index in [1.807, 2.05) is 115 Å². The molecule has 718 valence electrons. The molecule has 0 aliphatic heterocycles. The first-order chi connectivity index (χ1) is 69.1. The molecule has 35 heteroatoms. The van der Waals surface area contributed by atoms with Crippen LogP contribution in [0.5, 0.6) is 11.5 Å². The zero-order valence-corrected chi connectivity index (χ0v) is 78.1. The average molecular weight is 2010 g/mol. The molecular weight excluding hydrogens is 1930 g/mol. The predicted molar refractivity (Wildman–Crippen MR) is 530 cm³/mol. The summed E-state index contributed by atoms with van der Waals surface area (Å²) in [4.78, 5) is 63.7. The number of sulfonamides is 1. The fraction of sp³-hybridized carbons (Fsp3) is 0.0741. The maximum Gasteiger partial charge on any atom is 0.416 e. The largest absolute Gasteiger partial charge is 0.497 e. The third kappa shape index (κ3) is 23.5. The Hall–Kier alpha value is -17.6. The molecule has 0 aliphatic rings. The molecule has 0 radical (unpaired) electrons. The van der Waals surface area contributed by atoms with Gasteiger partial charge in [0, 0.05) is 69.7 Å². The van der Waals surface area contributed by atoms with Crippen molar-refractivity contribution in [3.63, 3.8) is 0 Å².